The topological polar surface area (TPSA) is 7.65 Å². The van der Waals surface area contributed by atoms with Crippen molar-refractivity contribution in [2.75, 3.05) is 4.90 Å². The van der Waals surface area contributed by atoms with E-state index in [4.69, 9.17) is 0 Å². The molecule has 0 aliphatic carbocycles. The van der Waals surface area contributed by atoms with E-state index in [0.717, 1.165) is 17.1 Å². The fraction of sp³-hybridized carbons (Fsp3) is 0. The summed E-state index contributed by atoms with van der Waals surface area (Å²) in [5.74, 6) is 0. The second-order valence-electron chi connectivity index (χ2n) is 14.9. The summed E-state index contributed by atoms with van der Waals surface area (Å²) < 4.78 is 2.49. The Bertz CT molecular complexity index is 3180. The number of hydrogen-bond acceptors (Lipinski definition) is 1. The highest BCUT2D eigenvalue weighted by Gasteiger charge is 2.21. The maximum absolute atomic E-state index is 2.49. The number of nitrogens with zero attached hydrogens (tertiary/aromatic N) is 2. The van der Waals surface area contributed by atoms with Gasteiger partial charge in [0.15, 0.2) is 0 Å². The van der Waals surface area contributed by atoms with Crippen LogP contribution in [0.3, 0.4) is 0 Å². The number of rotatable bonds is 7. The summed E-state index contributed by atoms with van der Waals surface area (Å²) in [6.07, 6.45) is 0. The average molecular weight is 739 g/mol. The fourth-order valence-electron chi connectivity index (χ4n) is 8.95. The maximum atomic E-state index is 2.49. The van der Waals surface area contributed by atoms with Crippen LogP contribution >= 0.6 is 0 Å². The molecule has 0 fully saturated rings. The molecule has 0 aliphatic rings. The van der Waals surface area contributed by atoms with Crippen molar-refractivity contribution < 1.29 is 0 Å². The summed E-state index contributed by atoms with van der Waals surface area (Å²) in [4.78, 5) is 2.38. The lowest BCUT2D eigenvalue weighted by Crippen LogP contribution is -2.10. The van der Waals surface area contributed by atoms with Crippen LogP contribution in [-0.4, -0.2) is 4.40 Å². The van der Waals surface area contributed by atoms with Gasteiger partial charge in [0.2, 0.25) is 0 Å². The molecule has 2 aromatic heterocycles. The SMILES string of the molecule is c1ccc(-c2cc(-c3ccccc3)cc(N(c3ccccc3)c3ccc(-c4cccc5c4c4ccccc4c4c(-c6ccccc6)c6ccccc6n54)cc3)c2)cc1. The monoisotopic (exact) mass is 738 g/mol. The minimum atomic E-state index is 1.09. The summed E-state index contributed by atoms with van der Waals surface area (Å²) in [6, 6.07) is 83.5. The zero-order chi connectivity index (χ0) is 38.4. The van der Waals surface area contributed by atoms with Gasteiger partial charge in [-0.3, -0.25) is 0 Å². The Morgan fingerprint density at radius 2 is 0.793 bits per heavy atom. The molecule has 11 rings (SSSR count). The minimum absolute atomic E-state index is 1.09. The summed E-state index contributed by atoms with van der Waals surface area (Å²) in [5, 5.41) is 5.01. The molecule has 0 N–H and O–H groups in total. The van der Waals surface area contributed by atoms with Gasteiger partial charge in [-0.1, -0.05) is 176 Å². The number of para-hydroxylation sites is 2. The zero-order valence-corrected chi connectivity index (χ0v) is 31.8. The van der Waals surface area contributed by atoms with Crippen LogP contribution < -0.4 is 4.90 Å². The highest BCUT2D eigenvalue weighted by Crippen LogP contribution is 2.45. The molecule has 0 aliphatic heterocycles. The first-order chi connectivity index (χ1) is 28.8. The lowest BCUT2D eigenvalue weighted by Gasteiger charge is -2.27. The molecule has 11 aromatic rings. The second kappa shape index (κ2) is 14.1. The zero-order valence-electron chi connectivity index (χ0n) is 31.8. The van der Waals surface area contributed by atoms with E-state index in [2.05, 4.69) is 240 Å². The maximum Gasteiger partial charge on any atom is 0.0625 e. The molecule has 0 bridgehead atoms. The fourth-order valence-corrected chi connectivity index (χ4v) is 8.95. The van der Waals surface area contributed by atoms with E-state index >= 15 is 0 Å². The molecule has 272 valence electrons. The molecule has 0 radical (unpaired) electrons. The van der Waals surface area contributed by atoms with Crippen LogP contribution in [0.2, 0.25) is 0 Å². The lowest BCUT2D eigenvalue weighted by atomic mass is 9.94. The molecular formula is C56H38N2. The van der Waals surface area contributed by atoms with Gasteiger partial charge in [0.1, 0.15) is 0 Å². The highest BCUT2D eigenvalue weighted by atomic mass is 15.1. The Hall–Kier alpha value is -7.68. The van der Waals surface area contributed by atoms with Gasteiger partial charge in [0, 0.05) is 38.8 Å². The Labute approximate surface area is 338 Å². The molecule has 2 heterocycles. The molecule has 0 saturated heterocycles. The van der Waals surface area contributed by atoms with Gasteiger partial charge in [-0.05, 0) is 98.9 Å². The second-order valence-corrected chi connectivity index (χ2v) is 14.9. The smallest absolute Gasteiger partial charge is 0.0625 e. The van der Waals surface area contributed by atoms with Gasteiger partial charge in [-0.25, -0.2) is 0 Å². The van der Waals surface area contributed by atoms with E-state index in [1.807, 2.05) is 0 Å². The van der Waals surface area contributed by atoms with Crippen LogP contribution in [0, 0.1) is 0 Å². The summed E-state index contributed by atoms with van der Waals surface area (Å²) in [5.41, 5.74) is 16.6. The van der Waals surface area contributed by atoms with Crippen molar-refractivity contribution in [3.63, 3.8) is 0 Å². The van der Waals surface area contributed by atoms with E-state index in [0.29, 0.717) is 0 Å². The first-order valence-electron chi connectivity index (χ1n) is 19.9. The third-order valence-electron chi connectivity index (χ3n) is 11.5. The van der Waals surface area contributed by atoms with Crippen molar-refractivity contribution in [1.82, 2.24) is 4.40 Å². The minimum Gasteiger partial charge on any atom is -0.310 e. The molecule has 0 atom stereocenters. The number of hydrogen-bond donors (Lipinski definition) is 0. The predicted octanol–water partition coefficient (Wildman–Crippen LogP) is 15.5. The van der Waals surface area contributed by atoms with E-state index in [9.17, 15) is 0 Å². The van der Waals surface area contributed by atoms with E-state index in [1.54, 1.807) is 0 Å². The van der Waals surface area contributed by atoms with Gasteiger partial charge in [-0.2, -0.15) is 0 Å². The lowest BCUT2D eigenvalue weighted by molar-refractivity contribution is 1.28. The summed E-state index contributed by atoms with van der Waals surface area (Å²) in [7, 11) is 0. The van der Waals surface area contributed by atoms with Crippen molar-refractivity contribution in [3.8, 4) is 44.5 Å². The molecule has 0 spiro atoms. The van der Waals surface area contributed by atoms with Crippen molar-refractivity contribution in [3.05, 3.63) is 231 Å². The Kier molecular flexibility index (Phi) is 8.19. The molecule has 0 amide bonds. The number of fused-ring (bicyclic) bond motifs is 8. The average Bonchev–Trinajstić information content (AvgIpc) is 3.66. The standard InChI is InChI=1S/C56H38N2/c1-5-18-39(19-6-1)43-36-44(40-20-7-2-8-21-40)38-47(37-43)57(45-24-11-4-12-25-45)46-34-32-41(33-35-46)48-29-17-31-53-55(48)49-26-13-14-27-50(49)56-54(42-22-9-3-10-23-42)51-28-15-16-30-52(51)58(53)56/h1-38H. The van der Waals surface area contributed by atoms with Crippen LogP contribution in [0.15, 0.2) is 231 Å². The van der Waals surface area contributed by atoms with Crippen LogP contribution in [0.5, 0.6) is 0 Å². The third kappa shape index (κ3) is 5.66. The summed E-state index contributed by atoms with van der Waals surface area (Å²) >= 11 is 0. The van der Waals surface area contributed by atoms with Gasteiger partial charge < -0.3 is 9.30 Å². The summed E-state index contributed by atoms with van der Waals surface area (Å²) in [6.45, 7) is 0. The molecule has 58 heavy (non-hydrogen) atoms. The van der Waals surface area contributed by atoms with E-state index in [1.165, 1.54) is 82.6 Å². The Balaban J connectivity index is 1.11. The van der Waals surface area contributed by atoms with E-state index < -0.39 is 0 Å². The van der Waals surface area contributed by atoms with Crippen LogP contribution in [0.1, 0.15) is 0 Å². The molecule has 2 heteroatoms. The van der Waals surface area contributed by atoms with Crippen LogP contribution in [0.4, 0.5) is 17.1 Å². The first kappa shape index (κ1) is 33.6. The molecule has 2 nitrogen and oxygen atoms in total. The number of aromatic nitrogens is 1. The Morgan fingerprint density at radius 3 is 1.43 bits per heavy atom. The molecule has 0 unspecified atom stereocenters. The van der Waals surface area contributed by atoms with Crippen molar-refractivity contribution in [1.29, 1.82) is 0 Å². The van der Waals surface area contributed by atoms with Crippen LogP contribution in [0.25, 0.3) is 82.6 Å². The van der Waals surface area contributed by atoms with Gasteiger partial charge in [-0.15, -0.1) is 0 Å². The third-order valence-corrected chi connectivity index (χ3v) is 11.5. The van der Waals surface area contributed by atoms with Crippen molar-refractivity contribution in [2.24, 2.45) is 0 Å². The first-order valence-corrected chi connectivity index (χ1v) is 19.9. The number of anilines is 3. The Morgan fingerprint density at radius 1 is 0.293 bits per heavy atom. The number of benzene rings is 9. The molecular weight excluding hydrogens is 701 g/mol. The van der Waals surface area contributed by atoms with Gasteiger partial charge in [0.05, 0.1) is 16.6 Å². The molecule has 0 saturated carbocycles. The predicted molar refractivity (Wildman–Crippen MR) is 246 cm³/mol. The van der Waals surface area contributed by atoms with Gasteiger partial charge in [0.25, 0.3) is 0 Å². The largest absolute Gasteiger partial charge is 0.310 e. The van der Waals surface area contributed by atoms with Gasteiger partial charge >= 0.3 is 0 Å². The van der Waals surface area contributed by atoms with Crippen molar-refractivity contribution in [2.45, 2.75) is 0 Å². The van der Waals surface area contributed by atoms with Crippen LogP contribution in [-0.2, 0) is 0 Å². The normalized spacial score (nSPS) is 11.4. The van der Waals surface area contributed by atoms with Crippen molar-refractivity contribution >= 4 is 55.2 Å². The molecule has 9 aromatic carbocycles. The van der Waals surface area contributed by atoms with E-state index in [-0.39, 0.29) is 0 Å². The quantitative estimate of drug-likeness (QED) is 0.148. The number of pyridine rings is 1. The highest BCUT2D eigenvalue weighted by molar-refractivity contribution is 6.24.